The summed E-state index contributed by atoms with van der Waals surface area (Å²) in [6.07, 6.45) is 20.1. The molecule has 2 heterocycles. The average Bonchev–Trinajstić information content (AvgIpc) is 3.95. The number of halogens is 3. The van der Waals surface area contributed by atoms with Crippen molar-refractivity contribution in [3.8, 4) is 5.75 Å². The summed E-state index contributed by atoms with van der Waals surface area (Å²) in [7, 11) is 0. The number of nitrogens with zero attached hydrogens (tertiary/aromatic N) is 4. The third kappa shape index (κ3) is 9.19. The van der Waals surface area contributed by atoms with Crippen LogP contribution in [0.1, 0.15) is 46.1 Å². The fourth-order valence-corrected chi connectivity index (χ4v) is 5.58. The molecule has 7 nitrogen and oxygen atoms in total. The number of amides is 1. The average molecular weight is 731 g/mol. The van der Waals surface area contributed by atoms with E-state index in [1.807, 2.05) is 48.6 Å². The zero-order chi connectivity index (χ0) is 34.9. The fourth-order valence-electron chi connectivity index (χ4n) is 5.58. The maximum Gasteiger partial charge on any atom is 0.418 e. The van der Waals surface area contributed by atoms with E-state index in [1.165, 1.54) is 29.0 Å². The summed E-state index contributed by atoms with van der Waals surface area (Å²) in [5, 5.41) is 8.24. The number of para-hydroxylation sites is 1. The van der Waals surface area contributed by atoms with Crippen molar-refractivity contribution in [1.82, 2.24) is 15.0 Å². The minimum Gasteiger partial charge on any atom is -0.487 e. The first kappa shape index (κ1) is 36.8. The summed E-state index contributed by atoms with van der Waals surface area (Å²) in [6, 6.07) is 19.3. The van der Waals surface area contributed by atoms with Gasteiger partial charge < -0.3 is 9.64 Å². The number of β-lactam (4-membered cyclic amide) rings is 1. The number of ketones is 1. The molecule has 1 aromatic heterocycles. The van der Waals surface area contributed by atoms with E-state index in [2.05, 4.69) is 34.6 Å². The minimum absolute atomic E-state index is 0. The Morgan fingerprint density at radius 1 is 0.902 bits per heavy atom. The van der Waals surface area contributed by atoms with Gasteiger partial charge in [-0.3, -0.25) is 9.59 Å². The van der Waals surface area contributed by atoms with Gasteiger partial charge in [-0.25, -0.2) is 4.68 Å². The summed E-state index contributed by atoms with van der Waals surface area (Å²) in [6.45, 7) is 0.0275. The summed E-state index contributed by atoms with van der Waals surface area (Å²) in [5.41, 5.74) is 1.65. The summed E-state index contributed by atoms with van der Waals surface area (Å²) < 4.78 is 48.7. The second-order valence-electron chi connectivity index (χ2n) is 11.6. The molecule has 0 N–H and O–H groups in total. The van der Waals surface area contributed by atoms with E-state index >= 15 is 0 Å². The molecule has 51 heavy (non-hydrogen) atoms. The van der Waals surface area contributed by atoms with Gasteiger partial charge in [0.05, 0.1) is 23.5 Å². The van der Waals surface area contributed by atoms with Gasteiger partial charge in [0.1, 0.15) is 18.1 Å². The maximum absolute atomic E-state index is 13.9. The Kier molecular flexibility index (Phi) is 12.2. The number of ether oxygens (including phenoxy) is 1. The van der Waals surface area contributed by atoms with Crippen molar-refractivity contribution in [1.29, 1.82) is 0 Å². The van der Waals surface area contributed by atoms with Gasteiger partial charge in [-0.15, -0.1) is 5.10 Å². The molecule has 2 aliphatic carbocycles. The molecule has 1 saturated heterocycles. The quantitative estimate of drug-likeness (QED) is 0.0707. The number of allylic oxidation sites excluding steroid dienone is 10. The zero-order valence-electron chi connectivity index (χ0n) is 27.2. The summed E-state index contributed by atoms with van der Waals surface area (Å²) >= 11 is 0. The molecule has 1 unspecified atom stereocenters. The fraction of sp³-hybridized carbons (Fsp3) is 0.150. The number of anilines is 1. The van der Waals surface area contributed by atoms with Crippen molar-refractivity contribution in [2.24, 2.45) is 0 Å². The molecule has 11 heteroatoms. The molecule has 260 valence electrons. The Balaban J connectivity index is 0.000000774. The predicted molar refractivity (Wildman–Crippen MR) is 186 cm³/mol. The topological polar surface area (TPSA) is 77.3 Å². The number of hydrogen-bond acceptors (Lipinski definition) is 5. The van der Waals surface area contributed by atoms with Gasteiger partial charge in [-0.2, -0.15) is 13.2 Å². The largest absolute Gasteiger partial charge is 0.487 e. The van der Waals surface area contributed by atoms with Crippen molar-refractivity contribution in [2.75, 3.05) is 4.90 Å². The minimum atomic E-state index is -4.64. The van der Waals surface area contributed by atoms with Crippen LogP contribution in [0.15, 0.2) is 151 Å². The number of aromatic nitrogens is 3. The van der Waals surface area contributed by atoms with Crippen LogP contribution in [0.5, 0.6) is 5.75 Å². The van der Waals surface area contributed by atoms with Crippen LogP contribution in [0.2, 0.25) is 0 Å². The number of carbonyl (C=O) groups excluding carboxylic acids is 2. The van der Waals surface area contributed by atoms with Crippen molar-refractivity contribution >= 4 is 23.5 Å². The first-order chi connectivity index (χ1) is 24.3. The van der Waals surface area contributed by atoms with Crippen LogP contribution in [0.4, 0.5) is 18.9 Å². The molecule has 3 aromatic carbocycles. The third-order valence-electron chi connectivity index (χ3n) is 8.12. The van der Waals surface area contributed by atoms with Crippen LogP contribution in [0.25, 0.3) is 6.08 Å². The van der Waals surface area contributed by atoms with Gasteiger partial charge in [-0.1, -0.05) is 108 Å². The van der Waals surface area contributed by atoms with Gasteiger partial charge in [0, 0.05) is 22.6 Å². The maximum atomic E-state index is 13.9. The molecule has 1 amide bonds. The Labute approximate surface area is 304 Å². The first-order valence-corrected chi connectivity index (χ1v) is 16.0. The van der Waals surface area contributed by atoms with Crippen molar-refractivity contribution in [3.05, 3.63) is 174 Å². The first-order valence-electron chi connectivity index (χ1n) is 16.0. The molecule has 0 bridgehead atoms. The number of rotatable bonds is 10. The smallest absolute Gasteiger partial charge is 0.418 e. The van der Waals surface area contributed by atoms with E-state index in [0.29, 0.717) is 17.0 Å². The van der Waals surface area contributed by atoms with E-state index in [4.69, 9.17) is 4.74 Å². The van der Waals surface area contributed by atoms with Crippen LogP contribution < -0.4 is 9.64 Å². The SMILES string of the molecule is C1=CCC=C1.O=C(/C=C/C1=CCC=C1)c1ccc(OCc2cn(C3C(=O)N(c4ccccc4C(F)(F)F)[C@@H]3/C=C/c3ccccc3)nn2)cc1.[Fe]. The van der Waals surface area contributed by atoms with Crippen LogP contribution in [0.3, 0.4) is 0 Å². The van der Waals surface area contributed by atoms with Crippen molar-refractivity contribution in [2.45, 2.75) is 37.7 Å². The van der Waals surface area contributed by atoms with Gasteiger partial charge in [0.15, 0.2) is 11.8 Å². The van der Waals surface area contributed by atoms with E-state index in [1.54, 1.807) is 48.7 Å². The number of alkyl halides is 3. The monoisotopic (exact) mass is 730 g/mol. The van der Waals surface area contributed by atoms with E-state index in [-0.39, 0.29) is 35.1 Å². The van der Waals surface area contributed by atoms with Crippen LogP contribution in [-0.2, 0) is 34.6 Å². The van der Waals surface area contributed by atoms with Crippen LogP contribution >= 0.6 is 0 Å². The molecule has 0 saturated carbocycles. The second-order valence-corrected chi connectivity index (χ2v) is 11.6. The Morgan fingerprint density at radius 2 is 1.63 bits per heavy atom. The number of carbonyl (C=O) groups is 2. The Bertz CT molecular complexity index is 2000. The summed E-state index contributed by atoms with van der Waals surface area (Å²) in [4.78, 5) is 27.0. The molecule has 2 atom stereocenters. The molecule has 7 rings (SSSR count). The van der Waals surface area contributed by atoms with Crippen molar-refractivity contribution in [3.63, 3.8) is 0 Å². The molecule has 1 fully saturated rings. The molecule has 0 spiro atoms. The van der Waals surface area contributed by atoms with Crippen LogP contribution in [0, 0.1) is 0 Å². The molecule has 3 aliphatic rings. The van der Waals surface area contributed by atoms with Gasteiger partial charge >= 0.3 is 6.18 Å². The number of benzene rings is 3. The Hall–Kier alpha value is -5.51. The molecule has 0 radical (unpaired) electrons. The molecule has 4 aromatic rings. The molecule has 1 aliphatic heterocycles. The van der Waals surface area contributed by atoms with E-state index in [9.17, 15) is 22.8 Å². The molecular formula is C40H33F3FeN4O3. The second kappa shape index (κ2) is 16.9. The van der Waals surface area contributed by atoms with E-state index < -0.39 is 29.7 Å². The zero-order valence-corrected chi connectivity index (χ0v) is 28.3. The standard InChI is InChI=1S/C35H27F3N4O3.C5H6.Fe/c36-35(37,38)29-12-6-7-13-30(29)42-31(20-14-24-8-2-1-3-9-24)33(34(42)44)41-22-27(39-40-41)23-45-28-18-16-26(17-19-28)32(43)21-15-25-10-4-5-11-25;1-2-4-5-3-1;/h1-4,6-22,31,33H,5,23H2;1-4H,5H2;/b20-14+,21-15+;;/t31-,33?;;/m1../s1. The predicted octanol–water partition coefficient (Wildman–Crippen LogP) is 8.67. The normalized spacial score (nSPS) is 17.7. The van der Waals surface area contributed by atoms with E-state index in [0.717, 1.165) is 34.9 Å². The van der Waals surface area contributed by atoms with Gasteiger partial charge in [0.2, 0.25) is 0 Å². The molecular weight excluding hydrogens is 697 g/mol. The summed E-state index contributed by atoms with van der Waals surface area (Å²) in [5.74, 6) is -0.162. The van der Waals surface area contributed by atoms with Crippen molar-refractivity contribution < 1.29 is 44.6 Å². The van der Waals surface area contributed by atoms with Gasteiger partial charge in [0.25, 0.3) is 5.91 Å². The van der Waals surface area contributed by atoms with Gasteiger partial charge in [-0.05, 0) is 66.5 Å². The third-order valence-corrected chi connectivity index (χ3v) is 8.12. The van der Waals surface area contributed by atoms with Crippen LogP contribution in [-0.4, -0.2) is 32.7 Å². The Morgan fingerprint density at radius 3 is 2.29 bits per heavy atom. The number of hydrogen-bond donors (Lipinski definition) is 0.